The summed E-state index contributed by atoms with van der Waals surface area (Å²) < 4.78 is 0. The predicted molar refractivity (Wildman–Crippen MR) is 60.5 cm³/mol. The normalized spacial score (nSPS) is 43.6. The minimum atomic E-state index is 0. The minimum absolute atomic E-state index is 0. The summed E-state index contributed by atoms with van der Waals surface area (Å²) in [5.41, 5.74) is 0. The van der Waals surface area contributed by atoms with Crippen molar-refractivity contribution in [1.82, 2.24) is 4.90 Å². The molecular weight excluding hydrogens is 249 g/mol. The lowest BCUT2D eigenvalue weighted by molar-refractivity contribution is 0.225. The summed E-state index contributed by atoms with van der Waals surface area (Å²) in [6.07, 6.45) is 4.44. The summed E-state index contributed by atoms with van der Waals surface area (Å²) in [4.78, 5) is 2.56. The van der Waals surface area contributed by atoms with E-state index in [0.29, 0.717) is 0 Å². The smallest absolute Gasteiger partial charge is 0.0121 e. The molecule has 3 unspecified atom stereocenters. The third kappa shape index (κ3) is 1.72. The lowest BCUT2D eigenvalue weighted by Crippen LogP contribution is -2.30. The summed E-state index contributed by atoms with van der Waals surface area (Å²) in [6.45, 7) is 3.78. The molecule has 2 rings (SSSR count). The molecule has 0 amide bonds. The number of halogens is 1. The van der Waals surface area contributed by atoms with Crippen molar-refractivity contribution in [1.29, 1.82) is 0 Å². The molecule has 0 spiro atoms. The second kappa shape index (κ2) is 3.60. The number of hydrogen-bond donors (Lipinski definition) is 0. The molecule has 3 atom stereocenters. The van der Waals surface area contributed by atoms with Crippen LogP contribution < -0.4 is 0 Å². The van der Waals surface area contributed by atoms with E-state index in [1.807, 2.05) is 0 Å². The predicted octanol–water partition coefficient (Wildman–Crippen LogP) is 2.60. The molecule has 68 valence electrons. The summed E-state index contributed by atoms with van der Waals surface area (Å²) in [6, 6.07) is 0.929. The van der Waals surface area contributed by atoms with Crippen LogP contribution in [0, 0.1) is 11.8 Å². The monoisotopic (exact) mass is 269 g/mol. The van der Waals surface area contributed by atoms with Crippen molar-refractivity contribution in [3.05, 3.63) is 0 Å². The highest BCUT2D eigenvalue weighted by Gasteiger charge is 2.36. The van der Waals surface area contributed by atoms with E-state index in [4.69, 9.17) is 0 Å². The molecule has 1 saturated heterocycles. The van der Waals surface area contributed by atoms with Gasteiger partial charge in [-0.2, -0.15) is 0 Å². The maximum absolute atomic E-state index is 2.56. The molecule has 0 radical (unpaired) electrons. The van der Waals surface area contributed by atoms with Gasteiger partial charge in [0, 0.05) is 14.0 Å². The van der Waals surface area contributed by atoms with Crippen LogP contribution in [0.1, 0.15) is 27.6 Å². The van der Waals surface area contributed by atoms with Crippen LogP contribution >= 0.6 is 24.0 Å². The fourth-order valence-corrected chi connectivity index (χ4v) is 2.71. The van der Waals surface area contributed by atoms with Gasteiger partial charge in [-0.3, -0.25) is 0 Å². The first-order chi connectivity index (χ1) is 4.77. The summed E-state index contributed by atoms with van der Waals surface area (Å²) in [5, 5.41) is 0. The van der Waals surface area contributed by atoms with Crippen LogP contribution in [-0.4, -0.2) is 24.5 Å². The minimum Gasteiger partial charge on any atom is -0.303 e. The van der Waals surface area contributed by atoms with Crippen molar-refractivity contribution in [2.75, 3.05) is 13.6 Å². The molecule has 1 aliphatic carbocycles. The van der Waals surface area contributed by atoms with Gasteiger partial charge >= 0.3 is 0 Å². The van der Waals surface area contributed by atoms with E-state index in [1.54, 1.807) is 0 Å². The van der Waals surface area contributed by atoms with Crippen molar-refractivity contribution < 1.29 is 1.43 Å². The van der Waals surface area contributed by atoms with Gasteiger partial charge in [-0.05, 0) is 38.1 Å². The van der Waals surface area contributed by atoms with E-state index < -0.39 is 0 Å². The van der Waals surface area contributed by atoms with Gasteiger partial charge in [0.1, 0.15) is 0 Å². The van der Waals surface area contributed by atoms with E-state index in [0.717, 1.165) is 17.9 Å². The standard InChI is InChI=1S/C9H17N.HI.H2/c1-7-3-4-8-5-9(7)10(2)6-8;;/h7-9H,3-6H2,1-2H3;2*1H. The Morgan fingerprint density at radius 3 is 2.73 bits per heavy atom. The van der Waals surface area contributed by atoms with Gasteiger partial charge in [0.15, 0.2) is 0 Å². The Morgan fingerprint density at radius 1 is 1.36 bits per heavy atom. The molecule has 0 aromatic rings. The van der Waals surface area contributed by atoms with E-state index in [2.05, 4.69) is 18.9 Å². The Labute approximate surface area is 88.0 Å². The molecule has 1 nitrogen and oxygen atoms in total. The quantitative estimate of drug-likeness (QED) is 0.611. The first-order valence-electron chi connectivity index (χ1n) is 4.47. The van der Waals surface area contributed by atoms with E-state index in [9.17, 15) is 0 Å². The van der Waals surface area contributed by atoms with E-state index in [-0.39, 0.29) is 25.4 Å². The molecule has 2 bridgehead atoms. The van der Waals surface area contributed by atoms with Crippen molar-refractivity contribution in [3.63, 3.8) is 0 Å². The van der Waals surface area contributed by atoms with Crippen LogP contribution in [0.25, 0.3) is 0 Å². The Bertz CT molecular complexity index is 138. The molecule has 2 aliphatic rings. The third-order valence-electron chi connectivity index (χ3n) is 3.37. The van der Waals surface area contributed by atoms with Crippen molar-refractivity contribution in [2.45, 2.75) is 32.2 Å². The zero-order valence-electron chi connectivity index (χ0n) is 7.42. The second-order valence-corrected chi connectivity index (χ2v) is 4.16. The van der Waals surface area contributed by atoms with Gasteiger partial charge in [0.05, 0.1) is 0 Å². The number of fused-ring (bicyclic) bond motifs is 2. The lowest BCUT2D eigenvalue weighted by atomic mass is 9.83. The highest BCUT2D eigenvalue weighted by atomic mass is 127. The average molecular weight is 269 g/mol. The molecule has 1 saturated carbocycles. The Kier molecular flexibility index (Phi) is 3.20. The first-order valence-corrected chi connectivity index (χ1v) is 4.47. The highest BCUT2D eigenvalue weighted by molar-refractivity contribution is 14.0. The van der Waals surface area contributed by atoms with Gasteiger partial charge in [0.25, 0.3) is 0 Å². The molecular formula is C9H20IN. The Morgan fingerprint density at radius 2 is 2.09 bits per heavy atom. The average Bonchev–Trinajstić information content (AvgIpc) is 2.21. The van der Waals surface area contributed by atoms with Gasteiger partial charge < -0.3 is 4.90 Å². The van der Waals surface area contributed by atoms with Crippen molar-refractivity contribution in [2.24, 2.45) is 11.8 Å². The number of hydrogen-bond acceptors (Lipinski definition) is 1. The SMILES string of the molecule is CC1CCC2CC1N(C)C2.I.[HH]. The molecule has 0 aromatic carbocycles. The van der Waals surface area contributed by atoms with E-state index >= 15 is 0 Å². The topological polar surface area (TPSA) is 3.24 Å². The second-order valence-electron chi connectivity index (χ2n) is 4.16. The van der Waals surface area contributed by atoms with Crippen LogP contribution in [0.15, 0.2) is 0 Å². The molecule has 2 fully saturated rings. The number of likely N-dealkylation sites (tertiary alicyclic amines) is 1. The van der Waals surface area contributed by atoms with Crippen LogP contribution in [0.5, 0.6) is 0 Å². The van der Waals surface area contributed by atoms with Crippen LogP contribution in [0.4, 0.5) is 0 Å². The summed E-state index contributed by atoms with van der Waals surface area (Å²) in [7, 11) is 2.28. The maximum atomic E-state index is 2.56. The van der Waals surface area contributed by atoms with E-state index in [1.165, 1.54) is 25.8 Å². The summed E-state index contributed by atoms with van der Waals surface area (Å²) in [5.74, 6) is 2.01. The van der Waals surface area contributed by atoms with Gasteiger partial charge in [-0.25, -0.2) is 0 Å². The Balaban J connectivity index is 0.000000605. The van der Waals surface area contributed by atoms with Gasteiger partial charge in [-0.15, -0.1) is 24.0 Å². The number of nitrogens with zero attached hydrogens (tertiary/aromatic N) is 1. The lowest BCUT2D eigenvalue weighted by Gasteiger charge is -2.27. The summed E-state index contributed by atoms with van der Waals surface area (Å²) >= 11 is 0. The fourth-order valence-electron chi connectivity index (χ4n) is 2.71. The molecule has 0 aromatic heterocycles. The molecule has 1 aliphatic heterocycles. The van der Waals surface area contributed by atoms with Crippen molar-refractivity contribution >= 4 is 24.0 Å². The number of rotatable bonds is 0. The van der Waals surface area contributed by atoms with Crippen LogP contribution in [0.2, 0.25) is 0 Å². The molecule has 1 heterocycles. The largest absolute Gasteiger partial charge is 0.303 e. The zero-order valence-corrected chi connectivity index (χ0v) is 9.75. The fraction of sp³-hybridized carbons (Fsp3) is 1.00. The van der Waals surface area contributed by atoms with Crippen molar-refractivity contribution in [3.8, 4) is 0 Å². The zero-order chi connectivity index (χ0) is 7.14. The highest BCUT2D eigenvalue weighted by Crippen LogP contribution is 2.37. The van der Waals surface area contributed by atoms with Gasteiger partial charge in [-0.1, -0.05) is 6.92 Å². The first kappa shape index (κ1) is 9.78. The van der Waals surface area contributed by atoms with Crippen LogP contribution in [0.3, 0.4) is 0 Å². The Hall–Kier alpha value is 0.690. The maximum Gasteiger partial charge on any atom is 0.0121 e. The van der Waals surface area contributed by atoms with Gasteiger partial charge in [0.2, 0.25) is 0 Å². The molecule has 11 heavy (non-hydrogen) atoms. The third-order valence-corrected chi connectivity index (χ3v) is 3.37. The molecule has 2 heteroatoms. The molecule has 0 N–H and O–H groups in total. The van der Waals surface area contributed by atoms with Crippen LogP contribution in [-0.2, 0) is 0 Å².